The number of H-pyrrole nitrogens is 1. The van der Waals surface area contributed by atoms with Crippen LogP contribution in [0.5, 0.6) is 5.88 Å². The third-order valence-electron chi connectivity index (χ3n) is 4.33. The monoisotopic (exact) mass is 396 g/mol. The lowest BCUT2D eigenvalue weighted by atomic mass is 10.2. The first-order chi connectivity index (χ1) is 13.8. The van der Waals surface area contributed by atoms with E-state index in [1.165, 1.54) is 36.1 Å². The highest BCUT2D eigenvalue weighted by molar-refractivity contribution is 5.87. The highest BCUT2D eigenvalue weighted by atomic mass is 16.5. The van der Waals surface area contributed by atoms with E-state index >= 15 is 0 Å². The van der Waals surface area contributed by atoms with E-state index in [1.54, 1.807) is 6.92 Å². The summed E-state index contributed by atoms with van der Waals surface area (Å²) < 4.78 is 6.51. The van der Waals surface area contributed by atoms with E-state index in [9.17, 15) is 9.59 Å². The number of aromatic carboxylic acids is 1. The van der Waals surface area contributed by atoms with Crippen LogP contribution in [-0.4, -0.2) is 37.9 Å². The van der Waals surface area contributed by atoms with Crippen LogP contribution in [0, 0.1) is 13.8 Å². The number of hydrogen-bond donors (Lipinski definition) is 2. The maximum Gasteiger partial charge on any atom is 0.335 e. The van der Waals surface area contributed by atoms with Gasteiger partial charge in [0.2, 0.25) is 5.88 Å². The summed E-state index contributed by atoms with van der Waals surface area (Å²) in [6.45, 7) is 5.49. The molecule has 0 bridgehead atoms. The molecule has 1 aromatic carbocycles. The molecule has 2 heterocycles. The number of aromatic amines is 1. The number of nitrogens with zero attached hydrogens (tertiary/aromatic N) is 5. The van der Waals surface area contributed by atoms with Gasteiger partial charge in [0.05, 0.1) is 24.1 Å². The van der Waals surface area contributed by atoms with E-state index in [1.807, 2.05) is 13.8 Å². The minimum atomic E-state index is -1.03. The molecule has 0 aliphatic carbocycles. The first kappa shape index (κ1) is 19.9. The van der Waals surface area contributed by atoms with Gasteiger partial charge in [-0.3, -0.25) is 9.89 Å². The Kier molecular flexibility index (Phi) is 5.53. The number of ether oxygens (including phenoxy) is 1. The molecule has 3 aromatic rings. The Labute approximate surface area is 165 Å². The van der Waals surface area contributed by atoms with Crippen molar-refractivity contribution >= 4 is 17.3 Å². The number of aromatic nitrogens is 4. The van der Waals surface area contributed by atoms with Crippen molar-refractivity contribution in [3.63, 3.8) is 0 Å². The summed E-state index contributed by atoms with van der Waals surface area (Å²) in [7, 11) is 1.52. The van der Waals surface area contributed by atoms with Gasteiger partial charge in [-0.05, 0) is 44.5 Å². The highest BCUT2D eigenvalue weighted by Crippen LogP contribution is 2.22. The fourth-order valence-corrected chi connectivity index (χ4v) is 2.81. The van der Waals surface area contributed by atoms with Crippen molar-refractivity contribution in [3.05, 3.63) is 57.1 Å². The second-order valence-electron chi connectivity index (χ2n) is 6.23. The zero-order chi connectivity index (χ0) is 21.1. The van der Waals surface area contributed by atoms with Gasteiger partial charge < -0.3 is 9.84 Å². The van der Waals surface area contributed by atoms with Crippen LogP contribution in [0.1, 0.15) is 34.2 Å². The molecule has 10 heteroatoms. The summed E-state index contributed by atoms with van der Waals surface area (Å²) in [6, 6.07) is 5.84. The molecule has 0 aliphatic rings. The summed E-state index contributed by atoms with van der Waals surface area (Å²) in [5, 5.41) is 19.9. The molecule has 0 amide bonds. The van der Waals surface area contributed by atoms with Crippen molar-refractivity contribution < 1.29 is 14.6 Å². The summed E-state index contributed by atoms with van der Waals surface area (Å²) in [5.41, 5.74) is 2.28. The number of aryl methyl sites for hydroxylation is 2. The normalized spacial score (nSPS) is 11.2. The Morgan fingerprint density at radius 3 is 2.48 bits per heavy atom. The fourth-order valence-electron chi connectivity index (χ4n) is 2.81. The topological polar surface area (TPSA) is 135 Å². The predicted octanol–water partition coefficient (Wildman–Crippen LogP) is 3.26. The van der Waals surface area contributed by atoms with Crippen molar-refractivity contribution in [1.29, 1.82) is 0 Å². The van der Waals surface area contributed by atoms with Crippen LogP contribution in [-0.2, 0) is 6.42 Å². The largest absolute Gasteiger partial charge is 0.481 e. The first-order valence-electron chi connectivity index (χ1n) is 8.84. The van der Waals surface area contributed by atoms with Crippen LogP contribution < -0.4 is 10.3 Å². The Balaban J connectivity index is 1.98. The molecule has 2 aromatic heterocycles. The zero-order valence-electron chi connectivity index (χ0n) is 16.4. The van der Waals surface area contributed by atoms with Crippen molar-refractivity contribution in [2.75, 3.05) is 7.11 Å². The number of carboxylic acid groups (broad SMARTS) is 1. The molecule has 29 heavy (non-hydrogen) atoms. The number of carbonyl (C=O) groups is 1. The van der Waals surface area contributed by atoms with Gasteiger partial charge in [0, 0.05) is 11.3 Å². The van der Waals surface area contributed by atoms with Crippen molar-refractivity contribution in [3.8, 4) is 11.8 Å². The van der Waals surface area contributed by atoms with Crippen LogP contribution in [0.4, 0.5) is 11.4 Å². The second kappa shape index (κ2) is 8.05. The van der Waals surface area contributed by atoms with Crippen molar-refractivity contribution in [2.24, 2.45) is 10.2 Å². The number of carboxylic acids is 1. The lowest BCUT2D eigenvalue weighted by molar-refractivity contribution is 0.0697. The highest BCUT2D eigenvalue weighted by Gasteiger charge is 2.17. The third-order valence-corrected chi connectivity index (χ3v) is 4.33. The number of benzene rings is 1. The molecule has 10 nitrogen and oxygen atoms in total. The molecular weight excluding hydrogens is 376 g/mol. The second-order valence-corrected chi connectivity index (χ2v) is 6.23. The average molecular weight is 396 g/mol. The predicted molar refractivity (Wildman–Crippen MR) is 105 cm³/mol. The van der Waals surface area contributed by atoms with Gasteiger partial charge in [0.1, 0.15) is 0 Å². The lowest BCUT2D eigenvalue weighted by Crippen LogP contribution is -2.18. The van der Waals surface area contributed by atoms with Gasteiger partial charge in [-0.25, -0.2) is 9.78 Å². The maximum atomic E-state index is 12.8. The molecule has 0 radical (unpaired) electrons. The number of hydrogen-bond acceptors (Lipinski definition) is 7. The quantitative estimate of drug-likeness (QED) is 0.614. The lowest BCUT2D eigenvalue weighted by Gasteiger charge is -2.10. The Hall–Kier alpha value is -3.82. The summed E-state index contributed by atoms with van der Waals surface area (Å²) >= 11 is 0. The molecule has 3 rings (SSSR count). The van der Waals surface area contributed by atoms with Crippen LogP contribution in [0.25, 0.3) is 5.95 Å². The molecule has 0 aliphatic heterocycles. The summed E-state index contributed by atoms with van der Waals surface area (Å²) in [4.78, 5) is 32.4. The Morgan fingerprint density at radius 2 is 1.90 bits per heavy atom. The zero-order valence-corrected chi connectivity index (χ0v) is 16.4. The molecule has 0 saturated carbocycles. The maximum absolute atomic E-state index is 12.8. The van der Waals surface area contributed by atoms with E-state index in [2.05, 4.69) is 25.3 Å². The van der Waals surface area contributed by atoms with Crippen LogP contribution >= 0.6 is 0 Å². The fraction of sp³-hybridized carbons (Fsp3) is 0.263. The smallest absolute Gasteiger partial charge is 0.335 e. The number of rotatable bonds is 6. The number of methoxy groups -OCH3 is 1. The average Bonchev–Trinajstić information content (AvgIpc) is 2.99. The molecule has 0 fully saturated rings. The molecule has 0 atom stereocenters. The number of azo groups is 1. The summed E-state index contributed by atoms with van der Waals surface area (Å²) in [6.07, 6.45) is 0.702. The van der Waals surface area contributed by atoms with E-state index in [4.69, 9.17) is 9.84 Å². The minimum absolute atomic E-state index is 0.104. The van der Waals surface area contributed by atoms with E-state index in [0.717, 1.165) is 11.3 Å². The van der Waals surface area contributed by atoms with Gasteiger partial charge in [-0.1, -0.05) is 6.92 Å². The van der Waals surface area contributed by atoms with Gasteiger partial charge >= 0.3 is 11.5 Å². The van der Waals surface area contributed by atoms with Crippen LogP contribution in [0.2, 0.25) is 0 Å². The van der Waals surface area contributed by atoms with Crippen molar-refractivity contribution in [1.82, 2.24) is 19.7 Å². The van der Waals surface area contributed by atoms with Gasteiger partial charge in [0.15, 0.2) is 5.69 Å². The Bertz CT molecular complexity index is 1140. The molecule has 0 saturated heterocycles. The molecule has 2 N–H and O–H groups in total. The van der Waals surface area contributed by atoms with Crippen molar-refractivity contribution in [2.45, 2.75) is 27.2 Å². The first-order valence-corrected chi connectivity index (χ1v) is 8.84. The molecular formula is C19H20N6O4. The Morgan fingerprint density at radius 1 is 1.21 bits per heavy atom. The van der Waals surface area contributed by atoms with E-state index < -0.39 is 11.5 Å². The van der Waals surface area contributed by atoms with Crippen LogP contribution in [0.15, 0.2) is 39.3 Å². The minimum Gasteiger partial charge on any atom is -0.481 e. The van der Waals surface area contributed by atoms with Gasteiger partial charge in [-0.2, -0.15) is 14.8 Å². The SMILES string of the molecule is CCc1c(C)nc(-n2[nH]c(C)c(N=Nc3ccc(C(=O)O)cc3)c2=O)nc1OC. The molecule has 0 unspecified atom stereocenters. The molecule has 150 valence electrons. The van der Waals surface area contributed by atoms with E-state index in [-0.39, 0.29) is 17.2 Å². The molecule has 0 spiro atoms. The van der Waals surface area contributed by atoms with E-state index in [0.29, 0.717) is 23.7 Å². The number of nitrogens with one attached hydrogen (secondary N) is 1. The summed E-state index contributed by atoms with van der Waals surface area (Å²) in [5.74, 6) is -0.467. The standard InChI is InChI=1S/C19H20N6O4/c1-5-14-10(2)20-19(21-16(14)29-4)25-17(26)15(11(3)24-25)23-22-13-8-6-12(7-9-13)18(27)28/h6-9,24H,5H2,1-4H3,(H,27,28). The van der Waals surface area contributed by atoms with Crippen LogP contribution in [0.3, 0.4) is 0 Å². The third kappa shape index (κ3) is 3.91. The van der Waals surface area contributed by atoms with Gasteiger partial charge in [-0.15, -0.1) is 5.11 Å². The van der Waals surface area contributed by atoms with Gasteiger partial charge in [0.25, 0.3) is 5.95 Å².